The zero-order valence-electron chi connectivity index (χ0n) is 15.3. The number of benzene rings is 1. The summed E-state index contributed by atoms with van der Waals surface area (Å²) < 4.78 is 21.0. The lowest BCUT2D eigenvalue weighted by atomic mass is 9.96. The predicted octanol–water partition coefficient (Wildman–Crippen LogP) is 0.611. The minimum Gasteiger partial charge on any atom is -0.463 e. The topological polar surface area (TPSA) is 120 Å². The quantitative estimate of drug-likeness (QED) is 0.539. The number of carbonyl (C=O) groups is 3. The molecule has 2 N–H and O–H groups in total. The second kappa shape index (κ2) is 9.33. The van der Waals surface area contributed by atoms with Gasteiger partial charge in [0.1, 0.15) is 18.8 Å². The van der Waals surface area contributed by atoms with Crippen molar-refractivity contribution in [3.63, 3.8) is 0 Å². The van der Waals surface area contributed by atoms with Gasteiger partial charge >= 0.3 is 17.9 Å². The second-order valence-electron chi connectivity index (χ2n) is 6.05. The van der Waals surface area contributed by atoms with E-state index in [0.717, 1.165) is 0 Å². The van der Waals surface area contributed by atoms with E-state index >= 15 is 0 Å². The van der Waals surface area contributed by atoms with E-state index in [9.17, 15) is 19.5 Å². The number of aliphatic hydroxyl groups excluding tert-OH is 1. The number of ether oxygens (including phenoxy) is 4. The first-order valence-electron chi connectivity index (χ1n) is 8.41. The van der Waals surface area contributed by atoms with Crippen LogP contribution < -0.4 is 5.32 Å². The molecule has 0 aromatic heterocycles. The Bertz CT molecular complexity index is 665. The summed E-state index contributed by atoms with van der Waals surface area (Å²) in [6.07, 6.45) is -4.58. The number of para-hydroxylation sites is 1. The average molecular weight is 381 g/mol. The highest BCUT2D eigenvalue weighted by Crippen LogP contribution is 2.28. The number of hydrogen-bond acceptors (Lipinski definition) is 9. The van der Waals surface area contributed by atoms with Crippen molar-refractivity contribution < 1.29 is 38.4 Å². The molecule has 2 rings (SSSR count). The minimum atomic E-state index is -1.41. The van der Waals surface area contributed by atoms with Crippen LogP contribution in [0.1, 0.15) is 20.8 Å². The molecule has 1 saturated heterocycles. The average Bonchev–Trinajstić information content (AvgIpc) is 2.59. The van der Waals surface area contributed by atoms with Gasteiger partial charge in [0.05, 0.1) is 0 Å². The Balaban J connectivity index is 2.30. The fourth-order valence-corrected chi connectivity index (χ4v) is 2.80. The Kier molecular flexibility index (Phi) is 7.14. The number of hydrogen-bond donors (Lipinski definition) is 2. The Hall–Kier alpha value is -2.65. The Morgan fingerprint density at radius 2 is 1.59 bits per heavy atom. The van der Waals surface area contributed by atoms with Gasteiger partial charge in [-0.15, -0.1) is 0 Å². The SMILES string of the molecule is CC(=O)OC[C@H]1O[C@H](O)[C@H](Nc2ccccc2)[C@@H](OC(C)=O)[C@@H]1OC(C)=O. The van der Waals surface area contributed by atoms with E-state index in [-0.39, 0.29) is 6.61 Å². The Morgan fingerprint density at radius 3 is 2.15 bits per heavy atom. The van der Waals surface area contributed by atoms with E-state index in [1.54, 1.807) is 24.3 Å². The number of rotatable bonds is 6. The van der Waals surface area contributed by atoms with Gasteiger partial charge < -0.3 is 29.4 Å². The normalized spacial score (nSPS) is 27.3. The van der Waals surface area contributed by atoms with E-state index in [1.165, 1.54) is 20.8 Å². The van der Waals surface area contributed by atoms with E-state index < -0.39 is 48.6 Å². The summed E-state index contributed by atoms with van der Waals surface area (Å²) in [7, 11) is 0. The summed E-state index contributed by atoms with van der Waals surface area (Å²) in [5.41, 5.74) is 0.641. The summed E-state index contributed by atoms with van der Waals surface area (Å²) in [5.74, 6) is -1.83. The van der Waals surface area contributed by atoms with Crippen LogP contribution in [0.15, 0.2) is 30.3 Å². The molecule has 9 heteroatoms. The van der Waals surface area contributed by atoms with Crippen LogP contribution in [0.25, 0.3) is 0 Å². The van der Waals surface area contributed by atoms with Gasteiger partial charge in [-0.1, -0.05) is 18.2 Å². The maximum atomic E-state index is 11.6. The van der Waals surface area contributed by atoms with Gasteiger partial charge in [-0.05, 0) is 12.1 Å². The first kappa shape index (κ1) is 20.7. The molecule has 0 amide bonds. The lowest BCUT2D eigenvalue weighted by Crippen LogP contribution is -2.63. The molecule has 1 aliphatic rings. The molecular formula is C18H23NO8. The molecule has 0 radical (unpaired) electrons. The van der Waals surface area contributed by atoms with Crippen LogP contribution in [0.2, 0.25) is 0 Å². The third-order valence-corrected chi connectivity index (χ3v) is 3.83. The first-order valence-corrected chi connectivity index (χ1v) is 8.41. The Morgan fingerprint density at radius 1 is 1.00 bits per heavy atom. The summed E-state index contributed by atoms with van der Waals surface area (Å²) in [6, 6.07) is 7.97. The maximum Gasteiger partial charge on any atom is 0.303 e. The van der Waals surface area contributed by atoms with E-state index in [0.29, 0.717) is 5.69 Å². The molecule has 1 aromatic carbocycles. The molecular weight excluding hydrogens is 358 g/mol. The summed E-state index contributed by atoms with van der Waals surface area (Å²) in [6.45, 7) is 3.33. The standard InChI is InChI=1S/C18H23NO8/c1-10(20)24-9-14-16(25-11(2)21)17(26-12(3)22)15(18(23)27-14)19-13-7-5-4-6-8-13/h4-8,14-19,23H,9H2,1-3H3/t14-,15-,16-,17-,18+/m1/s1. The number of aliphatic hydroxyl groups is 1. The molecule has 1 aliphatic heterocycles. The third kappa shape index (κ3) is 5.93. The van der Waals surface area contributed by atoms with Gasteiger partial charge in [0.15, 0.2) is 18.5 Å². The zero-order valence-corrected chi connectivity index (χ0v) is 15.3. The van der Waals surface area contributed by atoms with Gasteiger partial charge in [-0.2, -0.15) is 0 Å². The number of carbonyl (C=O) groups excluding carboxylic acids is 3. The van der Waals surface area contributed by atoms with Crippen LogP contribution in [0.5, 0.6) is 0 Å². The molecule has 0 spiro atoms. The van der Waals surface area contributed by atoms with Crippen LogP contribution in [-0.2, 0) is 33.3 Å². The fraction of sp³-hybridized carbons (Fsp3) is 0.500. The van der Waals surface area contributed by atoms with E-state index in [2.05, 4.69) is 5.32 Å². The third-order valence-electron chi connectivity index (χ3n) is 3.83. The molecule has 0 saturated carbocycles. The molecule has 0 unspecified atom stereocenters. The van der Waals surface area contributed by atoms with Crippen molar-refractivity contribution in [2.24, 2.45) is 0 Å². The van der Waals surface area contributed by atoms with Gasteiger partial charge in [-0.25, -0.2) is 0 Å². The van der Waals surface area contributed by atoms with Gasteiger partial charge in [0, 0.05) is 26.5 Å². The van der Waals surface area contributed by atoms with Gasteiger partial charge in [0.25, 0.3) is 0 Å². The van der Waals surface area contributed by atoms with Crippen molar-refractivity contribution in [1.82, 2.24) is 0 Å². The molecule has 1 aromatic rings. The van der Waals surface area contributed by atoms with Gasteiger partial charge in [0.2, 0.25) is 0 Å². The van der Waals surface area contributed by atoms with Crippen molar-refractivity contribution in [3.8, 4) is 0 Å². The highest BCUT2D eigenvalue weighted by atomic mass is 16.7. The summed E-state index contributed by atoms with van der Waals surface area (Å²) >= 11 is 0. The molecule has 0 aliphatic carbocycles. The lowest BCUT2D eigenvalue weighted by Gasteiger charge is -2.43. The van der Waals surface area contributed by atoms with Crippen molar-refractivity contribution in [3.05, 3.63) is 30.3 Å². The largest absolute Gasteiger partial charge is 0.463 e. The van der Waals surface area contributed by atoms with Crippen LogP contribution in [-0.4, -0.2) is 60.3 Å². The smallest absolute Gasteiger partial charge is 0.303 e. The monoisotopic (exact) mass is 381 g/mol. The molecule has 148 valence electrons. The Labute approximate surface area is 156 Å². The predicted molar refractivity (Wildman–Crippen MR) is 92.5 cm³/mol. The lowest BCUT2D eigenvalue weighted by molar-refractivity contribution is -0.257. The van der Waals surface area contributed by atoms with Crippen LogP contribution >= 0.6 is 0 Å². The fourth-order valence-electron chi connectivity index (χ4n) is 2.80. The van der Waals surface area contributed by atoms with Crippen LogP contribution in [0.3, 0.4) is 0 Å². The van der Waals surface area contributed by atoms with Crippen LogP contribution in [0, 0.1) is 0 Å². The van der Waals surface area contributed by atoms with Gasteiger partial charge in [-0.3, -0.25) is 14.4 Å². The summed E-state index contributed by atoms with van der Waals surface area (Å²) in [5, 5.41) is 13.5. The van der Waals surface area contributed by atoms with Crippen molar-refractivity contribution in [2.75, 3.05) is 11.9 Å². The number of nitrogens with one attached hydrogen (secondary N) is 1. The van der Waals surface area contributed by atoms with E-state index in [1.807, 2.05) is 6.07 Å². The highest BCUT2D eigenvalue weighted by molar-refractivity contribution is 5.68. The molecule has 0 bridgehead atoms. The van der Waals surface area contributed by atoms with E-state index in [4.69, 9.17) is 18.9 Å². The molecule has 1 heterocycles. The highest BCUT2D eigenvalue weighted by Gasteiger charge is 2.50. The maximum absolute atomic E-state index is 11.6. The minimum absolute atomic E-state index is 0.278. The molecule has 9 nitrogen and oxygen atoms in total. The van der Waals surface area contributed by atoms with Crippen LogP contribution in [0.4, 0.5) is 5.69 Å². The first-order chi connectivity index (χ1) is 12.8. The van der Waals surface area contributed by atoms with Crippen molar-refractivity contribution in [2.45, 2.75) is 51.4 Å². The second-order valence-corrected chi connectivity index (χ2v) is 6.05. The zero-order chi connectivity index (χ0) is 20.0. The molecule has 1 fully saturated rings. The van der Waals surface area contributed by atoms with Crippen molar-refractivity contribution >= 4 is 23.6 Å². The molecule has 5 atom stereocenters. The number of anilines is 1. The van der Waals surface area contributed by atoms with Crippen molar-refractivity contribution in [1.29, 1.82) is 0 Å². The number of esters is 3. The summed E-state index contributed by atoms with van der Waals surface area (Å²) in [4.78, 5) is 34.3. The molecule has 27 heavy (non-hydrogen) atoms.